The Labute approximate surface area is 550 Å². The zero-order valence-electron chi connectivity index (χ0n) is 54.6. The van der Waals surface area contributed by atoms with Crippen LogP contribution in [0.15, 0.2) is 206 Å². The maximum atomic E-state index is 4.30. The summed E-state index contributed by atoms with van der Waals surface area (Å²) in [5.74, 6) is 2.31. The lowest BCUT2D eigenvalue weighted by Crippen LogP contribution is -2.29. The van der Waals surface area contributed by atoms with Crippen molar-refractivity contribution in [2.45, 2.75) is 160 Å². The zero-order valence-corrected chi connectivity index (χ0v) is 58.7. The third-order valence-electron chi connectivity index (χ3n) is 16.9. The number of rotatable bonds is 10. The predicted molar refractivity (Wildman–Crippen MR) is 395 cm³/mol. The van der Waals surface area contributed by atoms with E-state index in [-0.39, 0.29) is 0 Å². The van der Waals surface area contributed by atoms with E-state index in [1.165, 1.54) is 170 Å². The van der Waals surface area contributed by atoms with Crippen molar-refractivity contribution >= 4 is 56.7 Å². The minimum atomic E-state index is 0.731. The smallest absolute Gasteiger partial charge is 0.123 e. The molecule has 5 aromatic heterocycles. The summed E-state index contributed by atoms with van der Waals surface area (Å²) in [6.07, 6.45) is 17.6. The van der Waals surface area contributed by atoms with E-state index >= 15 is 0 Å². The molecular formula is C82H95NS5. The quantitative estimate of drug-likeness (QED) is 0.133. The maximum Gasteiger partial charge on any atom is 0.123 e. The number of thiophene rings is 4. The van der Waals surface area contributed by atoms with Crippen molar-refractivity contribution in [3.63, 3.8) is 0 Å². The first kappa shape index (κ1) is 67.7. The molecule has 13 rings (SSSR count). The van der Waals surface area contributed by atoms with Gasteiger partial charge >= 0.3 is 0 Å². The summed E-state index contributed by atoms with van der Waals surface area (Å²) >= 11 is 9.19. The third kappa shape index (κ3) is 20.9. The van der Waals surface area contributed by atoms with Gasteiger partial charge in [0.25, 0.3) is 0 Å². The second-order valence-corrected chi connectivity index (χ2v) is 31.5. The molecule has 0 bridgehead atoms. The van der Waals surface area contributed by atoms with E-state index in [9.17, 15) is 0 Å². The van der Waals surface area contributed by atoms with E-state index in [0.29, 0.717) is 0 Å². The van der Waals surface area contributed by atoms with Gasteiger partial charge in [0.15, 0.2) is 0 Å². The Hall–Kier alpha value is -6.25. The monoisotopic (exact) mass is 1250 g/mol. The highest BCUT2D eigenvalue weighted by Gasteiger charge is 2.36. The molecule has 0 atom stereocenters. The molecule has 11 aromatic rings. The lowest BCUT2D eigenvalue weighted by atomic mass is 9.62. The molecule has 0 unspecified atom stereocenters. The molecule has 1 spiro atoms. The molecule has 458 valence electrons. The van der Waals surface area contributed by atoms with Crippen LogP contribution in [0.2, 0.25) is 0 Å². The van der Waals surface area contributed by atoms with Crippen molar-refractivity contribution in [1.29, 1.82) is 0 Å². The first-order chi connectivity index (χ1) is 42.5. The van der Waals surface area contributed by atoms with Crippen LogP contribution in [-0.4, -0.2) is 4.98 Å². The van der Waals surface area contributed by atoms with Gasteiger partial charge in [-0.1, -0.05) is 216 Å². The van der Waals surface area contributed by atoms with Gasteiger partial charge in [-0.05, 0) is 216 Å². The topological polar surface area (TPSA) is 12.9 Å². The Morgan fingerprint density at radius 3 is 1.18 bits per heavy atom. The van der Waals surface area contributed by atoms with Gasteiger partial charge in [0.05, 0.1) is 0 Å². The number of hydrogen-bond donors (Lipinski definition) is 0. The largest absolute Gasteiger partial charge is 0.244 e. The molecule has 0 N–H and O–H groups in total. The van der Waals surface area contributed by atoms with E-state index in [0.717, 1.165) is 28.2 Å². The number of aromatic nitrogens is 1. The number of hydrogen-bond acceptors (Lipinski definition) is 6. The fourth-order valence-corrected chi connectivity index (χ4v) is 16.4. The second-order valence-electron chi connectivity index (χ2n) is 25.2. The van der Waals surface area contributed by atoms with Gasteiger partial charge in [-0.25, -0.2) is 4.98 Å². The van der Waals surface area contributed by atoms with Crippen LogP contribution < -0.4 is 0 Å². The van der Waals surface area contributed by atoms with Gasteiger partial charge in [-0.15, -0.1) is 56.7 Å². The van der Waals surface area contributed by atoms with E-state index in [1.807, 2.05) is 75.8 Å². The number of thiazole rings is 1. The maximum absolute atomic E-state index is 4.30. The zero-order chi connectivity index (χ0) is 62.4. The highest BCUT2D eigenvalue weighted by atomic mass is 32.1. The van der Waals surface area contributed by atoms with Crippen LogP contribution in [-0.2, 0) is 12.8 Å². The average Bonchev–Trinajstić information content (AvgIpc) is 3.96. The van der Waals surface area contributed by atoms with Crippen molar-refractivity contribution in [3.05, 3.63) is 264 Å². The van der Waals surface area contributed by atoms with Crippen LogP contribution in [0.4, 0.5) is 0 Å². The first-order valence-electron chi connectivity index (χ1n) is 32.1. The van der Waals surface area contributed by atoms with Crippen LogP contribution in [0.1, 0.15) is 149 Å². The minimum Gasteiger partial charge on any atom is -0.244 e. The Bertz CT molecular complexity index is 3550. The molecule has 2 saturated carbocycles. The number of nitrogens with zero attached hydrogens (tertiary/aromatic N) is 1. The van der Waals surface area contributed by atoms with Gasteiger partial charge in [0.1, 0.15) is 5.01 Å². The molecule has 1 nitrogen and oxygen atoms in total. The van der Waals surface area contributed by atoms with Gasteiger partial charge < -0.3 is 0 Å². The van der Waals surface area contributed by atoms with Crippen molar-refractivity contribution in [3.8, 4) is 52.3 Å². The molecule has 6 aromatic carbocycles. The summed E-state index contributed by atoms with van der Waals surface area (Å²) in [6.45, 7) is 26.3. The van der Waals surface area contributed by atoms with Crippen molar-refractivity contribution in [1.82, 2.24) is 4.98 Å². The van der Waals surface area contributed by atoms with Crippen molar-refractivity contribution in [2.75, 3.05) is 0 Å². The Kier molecular flexibility index (Phi) is 26.2. The van der Waals surface area contributed by atoms with Gasteiger partial charge in [-0.2, -0.15) is 0 Å². The molecule has 88 heavy (non-hydrogen) atoms. The summed E-state index contributed by atoms with van der Waals surface area (Å²) in [7, 11) is 0. The molecule has 6 heteroatoms. The Morgan fingerprint density at radius 1 is 0.386 bits per heavy atom. The Balaban J connectivity index is 0.000000138. The van der Waals surface area contributed by atoms with E-state index in [1.54, 1.807) is 16.9 Å². The standard InChI is InChI=1S/C18H26.2C15H18S.C13H14S.C11H10S.C10H9NS/c1-15-5-7-16(8-6-15)17-9-13-18(14-10-17)11-3-2-4-12-18;2*1-11(2)10-13-5-7-14(8-6-13)15-9-4-12(3)16-15;1-9-10(2)13(14-11(9)3)12-7-5-4-6-8-12;1-9-7-8-11(12-9)10-5-3-2-4-6-10;1-8-7-11-10(12-8)9-5-3-2-4-6-9/h5-8,17H,2-4,9-14H2,1H3;2*4-9,11H,10H2,1-3H3;4-8H,1-3H3;2-8H,1H3;2-7H,1H3. The average molecular weight is 1260 g/mol. The van der Waals surface area contributed by atoms with Gasteiger partial charge in [0.2, 0.25) is 0 Å². The second kappa shape index (κ2) is 34.1. The lowest BCUT2D eigenvalue weighted by Gasteiger charge is -2.43. The highest BCUT2D eigenvalue weighted by molar-refractivity contribution is 7.16. The predicted octanol–water partition coefficient (Wildman–Crippen LogP) is 26.6. The summed E-state index contributed by atoms with van der Waals surface area (Å²) in [4.78, 5) is 16.6. The van der Waals surface area contributed by atoms with Crippen molar-refractivity contribution in [2.24, 2.45) is 17.3 Å². The van der Waals surface area contributed by atoms with E-state index < -0.39 is 0 Å². The van der Waals surface area contributed by atoms with E-state index in [2.05, 4.69) is 264 Å². The van der Waals surface area contributed by atoms with Crippen molar-refractivity contribution < 1.29 is 0 Å². The lowest BCUT2D eigenvalue weighted by molar-refractivity contribution is 0.114. The van der Waals surface area contributed by atoms with Gasteiger partial charge in [0, 0.05) is 55.7 Å². The summed E-state index contributed by atoms with van der Waals surface area (Å²) in [6, 6.07) is 71.7. The highest BCUT2D eigenvalue weighted by Crippen LogP contribution is 2.51. The normalized spacial score (nSPS) is 13.4. The minimum absolute atomic E-state index is 0.731. The summed E-state index contributed by atoms with van der Waals surface area (Å²) in [5, 5.41) is 1.10. The van der Waals surface area contributed by atoms with Crippen LogP contribution in [0.5, 0.6) is 0 Å². The van der Waals surface area contributed by atoms with E-state index in [4.69, 9.17) is 0 Å². The summed E-state index contributed by atoms with van der Waals surface area (Å²) < 4.78 is 0. The number of benzene rings is 6. The molecule has 0 radical (unpaired) electrons. The third-order valence-corrected chi connectivity index (χ3v) is 22.4. The summed E-state index contributed by atoms with van der Waals surface area (Å²) in [5.41, 5.74) is 16.0. The molecule has 2 fully saturated rings. The molecular weight excluding hydrogens is 1160 g/mol. The van der Waals surface area contributed by atoms with Gasteiger partial charge in [-0.3, -0.25) is 0 Å². The Morgan fingerprint density at radius 2 is 0.807 bits per heavy atom. The first-order valence-corrected chi connectivity index (χ1v) is 36.2. The molecule has 5 heterocycles. The van der Waals surface area contributed by atoms with Crippen LogP contribution in [0.25, 0.3) is 52.3 Å². The molecule has 0 aliphatic heterocycles. The molecule has 0 amide bonds. The fourth-order valence-electron chi connectivity index (χ4n) is 11.8. The molecule has 0 saturated heterocycles. The number of aryl methyl sites for hydroxylation is 6. The van der Waals surface area contributed by atoms with Crippen LogP contribution in [0, 0.1) is 72.6 Å². The SMILES string of the molecule is Cc1ccc(-c2ccc(CC(C)C)cc2)s1.Cc1ccc(-c2ccc(CC(C)C)cc2)s1.Cc1ccc(-c2ccccc2)s1.Cc1ccc(C2CCC3(CCCCC3)CC2)cc1.Cc1cnc(-c2ccccc2)s1.Cc1sc(-c2ccccc2)c(C)c1C. The fraction of sp³-hybridized carbons (Fsp3) is 0.329. The molecule has 2 aliphatic rings. The van der Waals surface area contributed by atoms with Crippen LogP contribution >= 0.6 is 56.7 Å². The molecule has 2 aliphatic carbocycles. The van der Waals surface area contributed by atoms with Crippen LogP contribution in [0.3, 0.4) is 0 Å².